The van der Waals surface area contributed by atoms with E-state index in [0.29, 0.717) is 31.1 Å². The van der Waals surface area contributed by atoms with Crippen molar-refractivity contribution in [2.45, 2.75) is 12.7 Å². The molecule has 3 aromatic rings. The van der Waals surface area contributed by atoms with Gasteiger partial charge >= 0.3 is 18.0 Å². The first-order valence-corrected chi connectivity index (χ1v) is 9.04. The maximum Gasteiger partial charge on any atom is 0.416 e. The summed E-state index contributed by atoms with van der Waals surface area (Å²) in [6.45, 7) is 1.16. The van der Waals surface area contributed by atoms with Gasteiger partial charge in [-0.15, -0.1) is 0 Å². The molecular weight excluding hydrogens is 403 g/mol. The van der Waals surface area contributed by atoms with Gasteiger partial charge in [0.2, 0.25) is 0 Å². The summed E-state index contributed by atoms with van der Waals surface area (Å²) in [5.41, 5.74) is 0.754. The van der Waals surface area contributed by atoms with Crippen LogP contribution in [0.2, 0.25) is 0 Å². The normalized spacial score (nSPS) is 15.9. The van der Waals surface area contributed by atoms with Crippen LogP contribution in [-0.4, -0.2) is 27.7 Å². The molecule has 2 aromatic carbocycles. The number of imidazole rings is 1. The van der Waals surface area contributed by atoms with Crippen LogP contribution < -0.4 is 9.47 Å². The molecule has 0 N–H and O–H groups in total. The van der Waals surface area contributed by atoms with E-state index in [9.17, 15) is 23.3 Å². The number of rotatable bonds is 5. The van der Waals surface area contributed by atoms with Crippen LogP contribution in [0.1, 0.15) is 5.56 Å². The van der Waals surface area contributed by atoms with Crippen molar-refractivity contribution in [1.82, 2.24) is 9.55 Å². The van der Waals surface area contributed by atoms with E-state index in [1.54, 1.807) is 28.8 Å². The van der Waals surface area contributed by atoms with Crippen LogP contribution in [-0.2, 0) is 12.7 Å². The number of nitrogens with zero attached hydrogens (tertiary/aromatic N) is 3. The van der Waals surface area contributed by atoms with E-state index in [4.69, 9.17) is 9.47 Å². The maximum absolute atomic E-state index is 12.7. The Morgan fingerprint density at radius 1 is 1.13 bits per heavy atom. The molecule has 1 aliphatic heterocycles. The summed E-state index contributed by atoms with van der Waals surface area (Å²) in [5, 5.41) is 10.8. The molecule has 1 aromatic heterocycles. The number of hydrogen-bond acceptors (Lipinski definition) is 5. The highest BCUT2D eigenvalue weighted by Gasteiger charge is 2.30. The zero-order valence-electron chi connectivity index (χ0n) is 15.5. The van der Waals surface area contributed by atoms with Crippen molar-refractivity contribution in [3.8, 4) is 22.9 Å². The Balaban J connectivity index is 1.35. The number of aromatic nitrogens is 2. The fraction of sp³-hybridized carbons (Fsp3) is 0.250. The Kier molecular flexibility index (Phi) is 5.06. The molecule has 0 saturated heterocycles. The van der Waals surface area contributed by atoms with E-state index >= 15 is 0 Å². The molecule has 0 fully saturated rings. The second kappa shape index (κ2) is 7.69. The molecule has 1 unspecified atom stereocenters. The second-order valence-corrected chi connectivity index (χ2v) is 6.88. The zero-order valence-corrected chi connectivity index (χ0v) is 15.5. The first-order valence-electron chi connectivity index (χ1n) is 9.04. The molecule has 0 spiro atoms. The fourth-order valence-corrected chi connectivity index (χ4v) is 3.15. The van der Waals surface area contributed by atoms with E-state index in [1.807, 2.05) is 0 Å². The Bertz CT molecular complexity index is 1050. The molecule has 0 aliphatic carbocycles. The van der Waals surface area contributed by atoms with Crippen molar-refractivity contribution in [2.24, 2.45) is 5.92 Å². The number of ether oxygens (including phenoxy) is 2. The lowest BCUT2D eigenvalue weighted by atomic mass is 10.0. The van der Waals surface area contributed by atoms with Gasteiger partial charge in [0.1, 0.15) is 18.6 Å². The fourth-order valence-electron chi connectivity index (χ4n) is 3.15. The predicted octanol–water partition coefficient (Wildman–Crippen LogP) is 4.56. The van der Waals surface area contributed by atoms with Crippen molar-refractivity contribution < 1.29 is 27.6 Å². The molecule has 0 radical (unpaired) electrons. The molecule has 30 heavy (non-hydrogen) atoms. The van der Waals surface area contributed by atoms with Gasteiger partial charge in [-0.1, -0.05) is 24.3 Å². The lowest BCUT2D eigenvalue weighted by molar-refractivity contribution is -0.389. The average Bonchev–Trinajstić information content (AvgIpc) is 3.16. The van der Waals surface area contributed by atoms with Gasteiger partial charge in [0, 0.05) is 17.4 Å². The van der Waals surface area contributed by atoms with Crippen LogP contribution in [0.3, 0.4) is 0 Å². The topological polar surface area (TPSA) is 79.4 Å². The van der Waals surface area contributed by atoms with Crippen LogP contribution in [0.5, 0.6) is 11.8 Å². The van der Waals surface area contributed by atoms with E-state index in [2.05, 4.69) is 4.98 Å². The standard InChI is InChI=1S/C20H16F3N3O4/c21-20(22,23)16-5-1-14(2-6-16)15-3-7-17(8-4-15)29-11-13-9-25-10-18(26(27)28)24-19(25)30-12-13/h1-8,10,13H,9,11-12H2. The number of alkyl halides is 3. The minimum Gasteiger partial charge on any atom is -0.493 e. The monoisotopic (exact) mass is 419 g/mol. The molecule has 7 nitrogen and oxygen atoms in total. The summed E-state index contributed by atoms with van der Waals surface area (Å²) in [4.78, 5) is 14.0. The van der Waals surface area contributed by atoms with Gasteiger partial charge in [-0.05, 0) is 40.3 Å². The Morgan fingerprint density at radius 2 is 1.77 bits per heavy atom. The Labute approximate surface area is 168 Å². The number of nitro groups is 1. The molecule has 0 bridgehead atoms. The summed E-state index contributed by atoms with van der Waals surface area (Å²) in [5.74, 6) is 0.333. The van der Waals surface area contributed by atoms with E-state index in [-0.39, 0.29) is 17.7 Å². The third kappa shape index (κ3) is 4.22. The average molecular weight is 419 g/mol. The van der Waals surface area contributed by atoms with E-state index in [1.165, 1.54) is 18.3 Å². The SMILES string of the molecule is O=[N+]([O-])c1cn2c(n1)OCC(COc1ccc(-c3ccc(C(F)(F)F)cc3)cc1)C2. The van der Waals surface area contributed by atoms with Gasteiger partial charge in [0.05, 0.1) is 12.2 Å². The lowest BCUT2D eigenvalue weighted by Crippen LogP contribution is -2.29. The molecule has 10 heteroatoms. The minimum atomic E-state index is -4.36. The molecular formula is C20H16F3N3O4. The highest BCUT2D eigenvalue weighted by atomic mass is 19.4. The lowest BCUT2D eigenvalue weighted by Gasteiger charge is -2.22. The number of fused-ring (bicyclic) bond motifs is 1. The molecule has 1 atom stereocenters. The van der Waals surface area contributed by atoms with Crippen molar-refractivity contribution in [3.63, 3.8) is 0 Å². The quantitative estimate of drug-likeness (QED) is 0.447. The zero-order chi connectivity index (χ0) is 21.3. The summed E-state index contributed by atoms with van der Waals surface area (Å²) in [6.07, 6.45) is -3.03. The molecule has 0 saturated carbocycles. The van der Waals surface area contributed by atoms with Crippen molar-refractivity contribution in [3.05, 3.63) is 70.4 Å². The van der Waals surface area contributed by atoms with Crippen LogP contribution in [0.4, 0.5) is 19.0 Å². The van der Waals surface area contributed by atoms with Gasteiger partial charge in [0.25, 0.3) is 0 Å². The Hall–Kier alpha value is -3.56. The molecule has 2 heterocycles. The first-order chi connectivity index (χ1) is 14.3. The number of halogens is 3. The van der Waals surface area contributed by atoms with Gasteiger partial charge in [0.15, 0.2) is 0 Å². The smallest absolute Gasteiger partial charge is 0.416 e. The molecule has 156 valence electrons. The summed E-state index contributed by atoms with van der Waals surface area (Å²) < 4.78 is 50.8. The van der Waals surface area contributed by atoms with Gasteiger partial charge < -0.3 is 19.6 Å². The molecule has 1 aliphatic rings. The van der Waals surface area contributed by atoms with Crippen LogP contribution in [0.25, 0.3) is 11.1 Å². The number of hydrogen-bond donors (Lipinski definition) is 0. The highest BCUT2D eigenvalue weighted by molar-refractivity contribution is 5.64. The highest BCUT2D eigenvalue weighted by Crippen LogP contribution is 2.31. The summed E-state index contributed by atoms with van der Waals surface area (Å²) in [7, 11) is 0. The van der Waals surface area contributed by atoms with E-state index in [0.717, 1.165) is 17.7 Å². The Morgan fingerprint density at radius 3 is 2.37 bits per heavy atom. The van der Waals surface area contributed by atoms with E-state index < -0.39 is 16.7 Å². The molecule has 0 amide bonds. The van der Waals surface area contributed by atoms with Crippen molar-refractivity contribution in [1.29, 1.82) is 0 Å². The first kappa shape index (κ1) is 19.7. The predicted molar refractivity (Wildman–Crippen MR) is 100 cm³/mol. The molecule has 4 rings (SSSR count). The number of benzene rings is 2. The minimum absolute atomic E-state index is 0.0131. The third-order valence-electron chi connectivity index (χ3n) is 4.70. The second-order valence-electron chi connectivity index (χ2n) is 6.88. The van der Waals surface area contributed by atoms with Crippen LogP contribution in [0, 0.1) is 16.0 Å². The summed E-state index contributed by atoms with van der Waals surface area (Å²) >= 11 is 0. The van der Waals surface area contributed by atoms with Gasteiger partial charge in [-0.2, -0.15) is 13.2 Å². The summed E-state index contributed by atoms with van der Waals surface area (Å²) in [6, 6.07) is 12.2. The maximum atomic E-state index is 12.7. The largest absolute Gasteiger partial charge is 0.493 e. The van der Waals surface area contributed by atoms with Crippen LogP contribution >= 0.6 is 0 Å². The van der Waals surface area contributed by atoms with Gasteiger partial charge in [-0.3, -0.25) is 4.57 Å². The van der Waals surface area contributed by atoms with Crippen LogP contribution in [0.15, 0.2) is 54.7 Å². The van der Waals surface area contributed by atoms with Crippen molar-refractivity contribution >= 4 is 5.82 Å². The third-order valence-corrected chi connectivity index (χ3v) is 4.70. The van der Waals surface area contributed by atoms with Gasteiger partial charge in [-0.25, -0.2) is 0 Å². The van der Waals surface area contributed by atoms with Crippen molar-refractivity contribution in [2.75, 3.05) is 13.2 Å².